The van der Waals surface area contributed by atoms with Crippen molar-refractivity contribution in [1.29, 1.82) is 0 Å². The van der Waals surface area contributed by atoms with Crippen molar-refractivity contribution in [3.63, 3.8) is 0 Å². The first-order valence-corrected chi connectivity index (χ1v) is 11.1. The van der Waals surface area contributed by atoms with E-state index in [2.05, 4.69) is 15.5 Å². The van der Waals surface area contributed by atoms with Gasteiger partial charge in [-0.25, -0.2) is 9.18 Å². The predicted molar refractivity (Wildman–Crippen MR) is 130 cm³/mol. The molecule has 0 saturated heterocycles. The van der Waals surface area contributed by atoms with Gasteiger partial charge in [-0.05, 0) is 49.2 Å². The number of ether oxygens (including phenoxy) is 1. The number of urea groups is 1. The Kier molecular flexibility index (Phi) is 5.78. The van der Waals surface area contributed by atoms with Gasteiger partial charge >= 0.3 is 6.03 Å². The van der Waals surface area contributed by atoms with Crippen molar-refractivity contribution in [2.45, 2.75) is 19.9 Å². The van der Waals surface area contributed by atoms with Gasteiger partial charge in [-0.1, -0.05) is 53.7 Å². The van der Waals surface area contributed by atoms with E-state index in [1.165, 1.54) is 11.0 Å². The summed E-state index contributed by atoms with van der Waals surface area (Å²) in [6, 6.07) is 20.6. The van der Waals surface area contributed by atoms with E-state index in [4.69, 9.17) is 9.26 Å². The number of methoxy groups -OCH3 is 1. The van der Waals surface area contributed by atoms with E-state index in [0.29, 0.717) is 34.1 Å². The van der Waals surface area contributed by atoms with E-state index < -0.39 is 17.9 Å². The van der Waals surface area contributed by atoms with E-state index in [1.807, 2.05) is 54.6 Å². The van der Waals surface area contributed by atoms with Crippen LogP contribution in [0.2, 0.25) is 0 Å². The highest BCUT2D eigenvalue weighted by Gasteiger charge is 2.36. The molecule has 3 aromatic carbocycles. The highest BCUT2D eigenvalue weighted by molar-refractivity contribution is 6.01. The van der Waals surface area contributed by atoms with Gasteiger partial charge in [0.1, 0.15) is 11.6 Å². The van der Waals surface area contributed by atoms with Crippen molar-refractivity contribution in [2.75, 3.05) is 12.0 Å². The standard InChI is InChI=1S/C27H23FN4O3/c1-16-9-12-20(15-22(16)28)32-17(2)23(26-30-25(31-35-26)19-7-5-4-6-8-19)24(29-27(32)33)18-10-13-21(34-3)14-11-18/h4-15,24H,1-3H3,(H,29,33). The van der Waals surface area contributed by atoms with Crippen LogP contribution in [0.3, 0.4) is 0 Å². The van der Waals surface area contributed by atoms with Crippen molar-refractivity contribution in [3.8, 4) is 17.1 Å². The van der Waals surface area contributed by atoms with E-state index in [9.17, 15) is 9.18 Å². The van der Waals surface area contributed by atoms with E-state index in [-0.39, 0.29) is 5.89 Å². The maximum atomic E-state index is 14.4. The first kappa shape index (κ1) is 22.3. The summed E-state index contributed by atoms with van der Waals surface area (Å²) in [5.74, 6) is 0.990. The van der Waals surface area contributed by atoms with Crippen LogP contribution in [-0.2, 0) is 0 Å². The van der Waals surface area contributed by atoms with Crippen LogP contribution in [0.4, 0.5) is 14.9 Å². The minimum Gasteiger partial charge on any atom is -0.497 e. The molecule has 4 aromatic rings. The van der Waals surface area contributed by atoms with Crippen molar-refractivity contribution < 1.29 is 18.4 Å². The number of nitrogens with zero attached hydrogens (tertiary/aromatic N) is 3. The highest BCUT2D eigenvalue weighted by atomic mass is 19.1. The van der Waals surface area contributed by atoms with Crippen LogP contribution in [0.1, 0.15) is 30.0 Å². The number of carbonyl (C=O) groups excluding carboxylic acids is 1. The number of halogens is 1. The van der Waals surface area contributed by atoms with Gasteiger partial charge in [-0.2, -0.15) is 4.98 Å². The molecule has 1 N–H and O–H groups in total. The van der Waals surface area contributed by atoms with Crippen LogP contribution in [-0.4, -0.2) is 23.3 Å². The van der Waals surface area contributed by atoms with Gasteiger partial charge in [0.05, 0.1) is 24.4 Å². The Hall–Kier alpha value is -4.46. The number of hydrogen-bond donors (Lipinski definition) is 1. The topological polar surface area (TPSA) is 80.5 Å². The summed E-state index contributed by atoms with van der Waals surface area (Å²) in [6.07, 6.45) is 0. The Morgan fingerprint density at radius 2 is 1.77 bits per heavy atom. The molecule has 176 valence electrons. The lowest BCUT2D eigenvalue weighted by Crippen LogP contribution is -2.46. The van der Waals surface area contributed by atoms with Gasteiger partial charge in [-0.15, -0.1) is 0 Å². The van der Waals surface area contributed by atoms with Crippen molar-refractivity contribution >= 4 is 17.3 Å². The zero-order valence-electron chi connectivity index (χ0n) is 19.4. The molecule has 1 atom stereocenters. The second-order valence-corrected chi connectivity index (χ2v) is 8.21. The highest BCUT2D eigenvalue weighted by Crippen LogP contribution is 2.39. The molecule has 35 heavy (non-hydrogen) atoms. The van der Waals surface area contributed by atoms with Crippen LogP contribution in [0.15, 0.2) is 83.0 Å². The van der Waals surface area contributed by atoms with Gasteiger partial charge < -0.3 is 14.6 Å². The molecular formula is C27H23FN4O3. The molecule has 0 saturated carbocycles. The van der Waals surface area contributed by atoms with E-state index in [1.54, 1.807) is 33.1 Å². The molecule has 1 aliphatic heterocycles. The molecular weight excluding hydrogens is 447 g/mol. The van der Waals surface area contributed by atoms with Gasteiger partial charge in [-0.3, -0.25) is 4.90 Å². The Bertz CT molecular complexity index is 1410. The minimum atomic E-state index is -0.566. The Balaban J connectivity index is 1.65. The fraction of sp³-hybridized carbons (Fsp3) is 0.148. The number of rotatable bonds is 5. The lowest BCUT2D eigenvalue weighted by Gasteiger charge is -2.35. The maximum Gasteiger partial charge on any atom is 0.327 e. The lowest BCUT2D eigenvalue weighted by atomic mass is 9.94. The smallest absolute Gasteiger partial charge is 0.327 e. The first-order chi connectivity index (χ1) is 17.0. The molecule has 0 aliphatic carbocycles. The van der Waals surface area contributed by atoms with Crippen LogP contribution in [0.5, 0.6) is 5.75 Å². The third-order valence-electron chi connectivity index (χ3n) is 6.04. The van der Waals surface area contributed by atoms with Crippen molar-refractivity contribution in [2.24, 2.45) is 0 Å². The summed E-state index contributed by atoms with van der Waals surface area (Å²) in [4.78, 5) is 19.3. The average molecular weight is 471 g/mol. The molecule has 0 spiro atoms. The van der Waals surface area contributed by atoms with Crippen molar-refractivity contribution in [1.82, 2.24) is 15.5 Å². The van der Waals surface area contributed by atoms with Crippen LogP contribution in [0.25, 0.3) is 17.0 Å². The Morgan fingerprint density at radius 1 is 1.03 bits per heavy atom. The van der Waals surface area contributed by atoms with Gasteiger partial charge in [0.2, 0.25) is 5.82 Å². The Morgan fingerprint density at radius 3 is 2.46 bits per heavy atom. The second kappa shape index (κ2) is 9.06. The largest absolute Gasteiger partial charge is 0.497 e. The number of aryl methyl sites for hydroxylation is 1. The zero-order valence-corrected chi connectivity index (χ0v) is 19.4. The SMILES string of the molecule is COc1ccc(C2NC(=O)N(c3ccc(C)c(F)c3)C(C)=C2c2nc(-c3ccccc3)no2)cc1. The normalized spacial score (nSPS) is 15.8. The van der Waals surface area contributed by atoms with Gasteiger partial charge in [0.25, 0.3) is 5.89 Å². The average Bonchev–Trinajstić information content (AvgIpc) is 3.36. The summed E-state index contributed by atoms with van der Waals surface area (Å²) >= 11 is 0. The molecule has 2 amide bonds. The first-order valence-electron chi connectivity index (χ1n) is 11.1. The van der Waals surface area contributed by atoms with E-state index in [0.717, 1.165) is 11.1 Å². The quantitative estimate of drug-likeness (QED) is 0.393. The summed E-state index contributed by atoms with van der Waals surface area (Å²) in [6.45, 7) is 3.46. The van der Waals surface area contributed by atoms with Crippen LogP contribution < -0.4 is 15.0 Å². The molecule has 1 unspecified atom stereocenters. The number of nitrogens with one attached hydrogen (secondary N) is 1. The third kappa shape index (κ3) is 4.14. The lowest BCUT2D eigenvalue weighted by molar-refractivity contribution is 0.244. The molecule has 5 rings (SSSR count). The number of amides is 2. The number of anilines is 1. The monoisotopic (exact) mass is 470 g/mol. The molecule has 0 bridgehead atoms. The van der Waals surface area contributed by atoms with E-state index >= 15 is 0 Å². The molecule has 7 nitrogen and oxygen atoms in total. The molecule has 1 aliphatic rings. The molecule has 1 aromatic heterocycles. The predicted octanol–water partition coefficient (Wildman–Crippen LogP) is 5.89. The van der Waals surface area contributed by atoms with Crippen molar-refractivity contribution in [3.05, 3.63) is 101 Å². The second-order valence-electron chi connectivity index (χ2n) is 8.21. The summed E-state index contributed by atoms with van der Waals surface area (Å²) in [7, 11) is 1.59. The Labute approximate surface area is 201 Å². The molecule has 2 heterocycles. The van der Waals surface area contributed by atoms with Gasteiger partial charge in [0.15, 0.2) is 0 Å². The summed E-state index contributed by atoms with van der Waals surface area (Å²) in [5.41, 5.74) is 3.68. The van der Waals surface area contributed by atoms with Gasteiger partial charge in [0, 0.05) is 11.3 Å². The number of benzene rings is 3. The number of allylic oxidation sites excluding steroid dienone is 1. The third-order valence-corrected chi connectivity index (χ3v) is 6.04. The van der Waals surface area contributed by atoms with Crippen LogP contribution in [0, 0.1) is 12.7 Å². The number of carbonyl (C=O) groups is 1. The van der Waals surface area contributed by atoms with Crippen LogP contribution >= 0.6 is 0 Å². The minimum absolute atomic E-state index is 0.264. The molecule has 0 radical (unpaired) electrons. The summed E-state index contributed by atoms with van der Waals surface area (Å²) in [5, 5.41) is 7.18. The molecule has 0 fully saturated rings. The maximum absolute atomic E-state index is 14.4. The summed E-state index contributed by atoms with van der Waals surface area (Å²) < 4.78 is 25.4. The number of aromatic nitrogens is 2. The molecule has 8 heteroatoms. The zero-order chi connectivity index (χ0) is 24.5. The fourth-order valence-electron chi connectivity index (χ4n) is 4.14. The number of hydrogen-bond acceptors (Lipinski definition) is 5. The fourth-order valence-corrected chi connectivity index (χ4v) is 4.14.